The molecule has 0 N–H and O–H groups in total. The first kappa shape index (κ1) is 36.2. The number of hydrogen-bond acceptors (Lipinski definition) is 4. The van der Waals surface area contributed by atoms with Gasteiger partial charge in [-0.3, -0.25) is 14.5 Å². The molecule has 4 unspecified atom stereocenters. The highest BCUT2D eigenvalue weighted by molar-refractivity contribution is 6.21. The molecule has 3 fully saturated rings. The maximum absolute atomic E-state index is 13.7. The molecule has 5 aliphatic rings. The van der Waals surface area contributed by atoms with Gasteiger partial charge in [0.15, 0.2) is 0 Å². The van der Waals surface area contributed by atoms with E-state index >= 15 is 0 Å². The molecule has 3 amide bonds. The molecule has 4 aliphatic carbocycles. The van der Waals surface area contributed by atoms with E-state index in [4.69, 9.17) is 4.74 Å². The van der Waals surface area contributed by atoms with Gasteiger partial charge in [0, 0.05) is 19.1 Å². The Labute approximate surface area is 296 Å². The second kappa shape index (κ2) is 13.8. The van der Waals surface area contributed by atoms with Crippen LogP contribution >= 0.6 is 0 Å². The normalized spacial score (nSPS) is 33.0. The molecule has 8 atom stereocenters. The summed E-state index contributed by atoms with van der Waals surface area (Å²) >= 11 is 0. The molecule has 1 aromatic rings. The van der Waals surface area contributed by atoms with Crippen LogP contribution in [0.1, 0.15) is 153 Å². The Morgan fingerprint density at radius 1 is 0.939 bits per heavy atom. The zero-order valence-electron chi connectivity index (χ0n) is 31.9. The van der Waals surface area contributed by atoms with Gasteiger partial charge in [-0.1, -0.05) is 77.7 Å². The number of benzene rings is 1. The maximum Gasteiger partial charge on any atom is 0.410 e. The molecule has 0 saturated heterocycles. The number of imide groups is 1. The summed E-state index contributed by atoms with van der Waals surface area (Å²) in [5.74, 6) is 4.34. The molecule has 6 nitrogen and oxygen atoms in total. The van der Waals surface area contributed by atoms with Crippen molar-refractivity contribution in [2.75, 3.05) is 13.1 Å². The zero-order chi connectivity index (χ0) is 35.3. The molecule has 0 spiro atoms. The van der Waals surface area contributed by atoms with Gasteiger partial charge in [0.1, 0.15) is 5.60 Å². The Morgan fingerprint density at radius 2 is 1.63 bits per heavy atom. The van der Waals surface area contributed by atoms with Gasteiger partial charge in [-0.05, 0) is 137 Å². The number of fused-ring (bicyclic) bond motifs is 6. The van der Waals surface area contributed by atoms with Crippen LogP contribution in [0.2, 0.25) is 0 Å². The van der Waals surface area contributed by atoms with Crippen molar-refractivity contribution < 1.29 is 19.1 Å². The Bertz CT molecular complexity index is 1410. The lowest BCUT2D eigenvalue weighted by atomic mass is 9.46. The Kier molecular flexibility index (Phi) is 10.2. The van der Waals surface area contributed by atoms with Crippen molar-refractivity contribution in [1.29, 1.82) is 0 Å². The number of allylic oxidation sites excluding steroid dienone is 1. The number of amides is 3. The second-order valence-electron chi connectivity index (χ2n) is 18.5. The fourth-order valence-corrected chi connectivity index (χ4v) is 11.5. The minimum atomic E-state index is -0.599. The third-order valence-electron chi connectivity index (χ3n) is 14.0. The van der Waals surface area contributed by atoms with Gasteiger partial charge in [0.25, 0.3) is 11.8 Å². The molecule has 6 rings (SSSR count). The van der Waals surface area contributed by atoms with E-state index in [1.165, 1.54) is 56.3 Å². The summed E-state index contributed by atoms with van der Waals surface area (Å²) in [6.07, 6.45) is 16.6. The van der Waals surface area contributed by atoms with Gasteiger partial charge in [0.2, 0.25) is 0 Å². The Hall–Kier alpha value is -2.63. The van der Waals surface area contributed by atoms with Crippen molar-refractivity contribution in [3.8, 4) is 0 Å². The van der Waals surface area contributed by atoms with E-state index in [-0.39, 0.29) is 29.4 Å². The molecule has 3 saturated carbocycles. The summed E-state index contributed by atoms with van der Waals surface area (Å²) in [4.78, 5) is 43.0. The molecule has 270 valence electrons. The molecule has 6 heteroatoms. The number of nitrogens with zero attached hydrogens (tertiary/aromatic N) is 2. The summed E-state index contributed by atoms with van der Waals surface area (Å²) in [5, 5.41) is 0. The van der Waals surface area contributed by atoms with E-state index in [0.29, 0.717) is 36.1 Å². The van der Waals surface area contributed by atoms with Crippen LogP contribution in [0.3, 0.4) is 0 Å². The van der Waals surface area contributed by atoms with Crippen molar-refractivity contribution in [3.05, 3.63) is 47.0 Å². The first-order chi connectivity index (χ1) is 23.1. The van der Waals surface area contributed by atoms with Gasteiger partial charge >= 0.3 is 6.09 Å². The smallest absolute Gasteiger partial charge is 0.410 e. The summed E-state index contributed by atoms with van der Waals surface area (Å²) in [6.45, 7) is 19.0. The largest absolute Gasteiger partial charge is 0.444 e. The fourth-order valence-electron chi connectivity index (χ4n) is 11.5. The van der Waals surface area contributed by atoms with Crippen LogP contribution in [-0.4, -0.2) is 52.4 Å². The number of ether oxygens (including phenoxy) is 1. The average Bonchev–Trinajstić information content (AvgIpc) is 3.51. The summed E-state index contributed by atoms with van der Waals surface area (Å²) in [7, 11) is 0. The van der Waals surface area contributed by atoms with Crippen LogP contribution in [0.5, 0.6) is 0 Å². The van der Waals surface area contributed by atoms with E-state index in [2.05, 4.69) is 40.7 Å². The minimum Gasteiger partial charge on any atom is -0.444 e. The molecule has 1 heterocycles. The number of carbonyl (C=O) groups excluding carboxylic acids is 3. The lowest BCUT2D eigenvalue weighted by Gasteiger charge is -2.59. The van der Waals surface area contributed by atoms with Crippen molar-refractivity contribution in [1.82, 2.24) is 9.80 Å². The highest BCUT2D eigenvalue weighted by atomic mass is 16.6. The Balaban J connectivity index is 1.14. The maximum atomic E-state index is 13.7. The quantitative estimate of drug-likeness (QED) is 0.183. The van der Waals surface area contributed by atoms with Crippen molar-refractivity contribution >= 4 is 17.9 Å². The predicted octanol–water partition coefficient (Wildman–Crippen LogP) is 10.3. The van der Waals surface area contributed by atoms with Crippen LogP contribution in [0.4, 0.5) is 4.79 Å². The average molecular weight is 673 g/mol. The number of carbonyl (C=O) groups is 3. The first-order valence-electron chi connectivity index (χ1n) is 19.8. The molecule has 0 bridgehead atoms. The van der Waals surface area contributed by atoms with Crippen LogP contribution in [0.25, 0.3) is 0 Å². The lowest BCUT2D eigenvalue weighted by Crippen LogP contribution is -2.53. The van der Waals surface area contributed by atoms with Crippen LogP contribution in [-0.2, 0) is 4.74 Å². The molecular formula is C43H64N2O4. The third-order valence-corrected chi connectivity index (χ3v) is 14.0. The van der Waals surface area contributed by atoms with Gasteiger partial charge in [0.05, 0.1) is 11.1 Å². The van der Waals surface area contributed by atoms with Gasteiger partial charge < -0.3 is 9.64 Å². The summed E-state index contributed by atoms with van der Waals surface area (Å²) in [6, 6.07) is 7.09. The standard InChI is InChI=1S/C43H64N2O4/c1-28(2)13-11-14-29(3)35-19-20-36-34-18-17-30-27-31(21-23-42(30,7)37(34)22-24-43(35,36)8)44(40(48)49-41(4,5)6)25-12-26-45-38(46)32-15-9-10-16-33(32)39(45)47/h9-10,15-17,28-29,31,34-37H,11-14,18-27H2,1-8H3/t29?,31-,34?,35+,36?,37?,42-,43+/m0/s1. The fraction of sp³-hybridized carbons (Fsp3) is 0.744. The van der Waals surface area contributed by atoms with Crippen LogP contribution < -0.4 is 0 Å². The van der Waals surface area contributed by atoms with Gasteiger partial charge in [-0.25, -0.2) is 4.79 Å². The SMILES string of the molecule is CC(C)CCCC(C)[C@H]1CCC2C3CC=C4C[C@@H](N(CCCN5C(=O)c6ccccc6C5=O)C(=O)OC(C)(C)C)CC[C@]4(C)C3CC[C@@]21C. The van der Waals surface area contributed by atoms with E-state index in [9.17, 15) is 14.4 Å². The summed E-state index contributed by atoms with van der Waals surface area (Å²) < 4.78 is 5.96. The van der Waals surface area contributed by atoms with Gasteiger partial charge in [-0.15, -0.1) is 0 Å². The van der Waals surface area contributed by atoms with E-state index in [1.807, 2.05) is 25.7 Å². The van der Waals surface area contributed by atoms with E-state index in [0.717, 1.165) is 54.8 Å². The first-order valence-corrected chi connectivity index (χ1v) is 19.8. The Morgan fingerprint density at radius 3 is 2.29 bits per heavy atom. The number of rotatable bonds is 10. The summed E-state index contributed by atoms with van der Waals surface area (Å²) in [5.41, 5.74) is 2.57. The third kappa shape index (κ3) is 6.88. The topological polar surface area (TPSA) is 66.9 Å². The number of hydrogen-bond donors (Lipinski definition) is 0. The van der Waals surface area contributed by atoms with Crippen molar-refractivity contribution in [3.63, 3.8) is 0 Å². The molecule has 49 heavy (non-hydrogen) atoms. The van der Waals surface area contributed by atoms with Gasteiger partial charge in [-0.2, -0.15) is 0 Å². The van der Waals surface area contributed by atoms with Crippen molar-refractivity contribution in [2.24, 2.45) is 46.3 Å². The van der Waals surface area contributed by atoms with E-state index < -0.39 is 5.60 Å². The molecule has 1 aliphatic heterocycles. The second-order valence-corrected chi connectivity index (χ2v) is 18.5. The highest BCUT2D eigenvalue weighted by Crippen LogP contribution is 2.67. The van der Waals surface area contributed by atoms with Crippen LogP contribution in [0.15, 0.2) is 35.9 Å². The van der Waals surface area contributed by atoms with E-state index in [1.54, 1.807) is 29.8 Å². The molecule has 0 aromatic heterocycles. The van der Waals surface area contributed by atoms with Crippen molar-refractivity contribution in [2.45, 2.75) is 144 Å². The lowest BCUT2D eigenvalue weighted by molar-refractivity contribution is -0.0556. The zero-order valence-corrected chi connectivity index (χ0v) is 31.9. The molecule has 1 aromatic carbocycles. The monoisotopic (exact) mass is 672 g/mol. The highest BCUT2D eigenvalue weighted by Gasteiger charge is 2.59. The molecular weight excluding hydrogens is 608 g/mol. The predicted molar refractivity (Wildman–Crippen MR) is 196 cm³/mol. The molecule has 0 radical (unpaired) electrons. The minimum absolute atomic E-state index is 0.0595. The van der Waals surface area contributed by atoms with Crippen LogP contribution in [0, 0.1) is 46.3 Å².